The first-order valence-electron chi connectivity index (χ1n) is 9.36. The standard InChI is InChI=1S/C20H19N3O6S/c1-22-16-6-4-13(10-17(16)29-19(22)25)30(26,27)23-8-7-20(11-23)14-9-12(28-2)3-5-15(14)21-18(20)24/h3-6,9-10H,7-8,11H2,1-2H3,(H,21,24). The van der Waals surface area contributed by atoms with Gasteiger partial charge in [-0.3, -0.25) is 9.36 Å². The molecule has 2 aliphatic heterocycles. The number of hydrogen-bond donors (Lipinski definition) is 1. The molecule has 0 radical (unpaired) electrons. The van der Waals surface area contributed by atoms with Crippen molar-refractivity contribution in [1.29, 1.82) is 0 Å². The molecule has 1 atom stereocenters. The Balaban J connectivity index is 1.53. The smallest absolute Gasteiger partial charge is 0.419 e. The van der Waals surface area contributed by atoms with Gasteiger partial charge >= 0.3 is 5.76 Å². The Kier molecular flexibility index (Phi) is 3.90. The van der Waals surface area contributed by atoms with Gasteiger partial charge in [0, 0.05) is 31.9 Å². The number of carbonyl (C=O) groups is 1. The number of oxazole rings is 1. The van der Waals surface area contributed by atoms with Crippen LogP contribution in [0.5, 0.6) is 5.75 Å². The van der Waals surface area contributed by atoms with Crippen LogP contribution in [0.3, 0.4) is 0 Å². The fourth-order valence-corrected chi connectivity index (χ4v) is 5.84. The highest BCUT2D eigenvalue weighted by atomic mass is 32.2. The lowest BCUT2D eigenvalue weighted by Crippen LogP contribution is -2.39. The molecule has 3 heterocycles. The van der Waals surface area contributed by atoms with E-state index in [2.05, 4.69) is 5.32 Å². The summed E-state index contributed by atoms with van der Waals surface area (Å²) in [5, 5.41) is 2.86. The maximum atomic E-state index is 13.3. The molecule has 0 aliphatic carbocycles. The number of nitrogens with one attached hydrogen (secondary N) is 1. The molecule has 0 saturated carbocycles. The largest absolute Gasteiger partial charge is 0.497 e. The third-order valence-corrected chi connectivity index (χ3v) is 7.90. The van der Waals surface area contributed by atoms with Crippen molar-refractivity contribution in [1.82, 2.24) is 8.87 Å². The Morgan fingerprint density at radius 3 is 2.73 bits per heavy atom. The third kappa shape index (κ3) is 2.47. The number of aromatic nitrogens is 1. The normalized spacial score (nSPS) is 21.3. The van der Waals surface area contributed by atoms with Crippen LogP contribution in [-0.2, 0) is 27.3 Å². The molecule has 2 aliphatic rings. The number of sulfonamides is 1. The lowest BCUT2D eigenvalue weighted by atomic mass is 9.81. The lowest BCUT2D eigenvalue weighted by Gasteiger charge is -2.22. The zero-order valence-electron chi connectivity index (χ0n) is 16.3. The van der Waals surface area contributed by atoms with Crippen molar-refractivity contribution >= 4 is 32.7 Å². The molecule has 1 amide bonds. The molecule has 1 spiro atoms. The molecular weight excluding hydrogens is 410 g/mol. The van der Waals surface area contributed by atoms with Gasteiger partial charge in [0.25, 0.3) is 0 Å². The predicted molar refractivity (Wildman–Crippen MR) is 108 cm³/mol. The summed E-state index contributed by atoms with van der Waals surface area (Å²) in [4.78, 5) is 24.6. The van der Waals surface area contributed by atoms with Crippen molar-refractivity contribution in [2.75, 3.05) is 25.5 Å². The molecule has 1 unspecified atom stereocenters. The number of fused-ring (bicyclic) bond motifs is 3. The number of hydrogen-bond acceptors (Lipinski definition) is 6. The first-order valence-corrected chi connectivity index (χ1v) is 10.8. The van der Waals surface area contributed by atoms with Gasteiger partial charge in [-0.2, -0.15) is 4.31 Å². The maximum Gasteiger partial charge on any atom is 0.419 e. The topological polar surface area (TPSA) is 111 Å². The molecule has 1 saturated heterocycles. The summed E-state index contributed by atoms with van der Waals surface area (Å²) in [5.41, 5.74) is 1.17. The Bertz CT molecular complexity index is 1370. The van der Waals surface area contributed by atoms with E-state index in [9.17, 15) is 18.0 Å². The highest BCUT2D eigenvalue weighted by Gasteiger charge is 2.53. The number of methoxy groups -OCH3 is 1. The van der Waals surface area contributed by atoms with Gasteiger partial charge in [-0.1, -0.05) is 0 Å². The Labute approximate surface area is 171 Å². The fourth-order valence-electron chi connectivity index (χ4n) is 4.33. The highest BCUT2D eigenvalue weighted by Crippen LogP contribution is 2.46. The number of anilines is 1. The molecule has 10 heteroatoms. The number of ether oxygens (including phenoxy) is 1. The average Bonchev–Trinajstić information content (AvgIpc) is 3.39. The first-order chi connectivity index (χ1) is 14.3. The maximum absolute atomic E-state index is 13.3. The summed E-state index contributed by atoms with van der Waals surface area (Å²) in [7, 11) is -0.792. The number of amides is 1. The fraction of sp³-hybridized carbons (Fsp3) is 0.300. The molecule has 3 aromatic rings. The van der Waals surface area contributed by atoms with Gasteiger partial charge in [0.1, 0.15) is 5.75 Å². The van der Waals surface area contributed by atoms with Crippen LogP contribution in [-0.4, -0.2) is 43.4 Å². The molecule has 1 N–H and O–H groups in total. The predicted octanol–water partition coefficient (Wildman–Crippen LogP) is 1.42. The van der Waals surface area contributed by atoms with E-state index in [1.54, 1.807) is 38.4 Å². The zero-order valence-corrected chi connectivity index (χ0v) is 17.2. The molecular formula is C20H19N3O6S. The van der Waals surface area contributed by atoms with Crippen molar-refractivity contribution in [3.8, 4) is 5.75 Å². The number of aryl methyl sites for hydroxylation is 1. The summed E-state index contributed by atoms with van der Waals surface area (Å²) in [6, 6.07) is 9.65. The molecule has 1 fully saturated rings. The van der Waals surface area contributed by atoms with E-state index in [1.807, 2.05) is 0 Å². The Morgan fingerprint density at radius 2 is 1.97 bits per heavy atom. The van der Waals surface area contributed by atoms with Crippen molar-refractivity contribution < 1.29 is 22.4 Å². The molecule has 156 valence electrons. The minimum atomic E-state index is -3.89. The molecule has 5 rings (SSSR count). The van der Waals surface area contributed by atoms with E-state index in [-0.39, 0.29) is 29.5 Å². The van der Waals surface area contributed by atoms with Crippen molar-refractivity contribution in [2.24, 2.45) is 7.05 Å². The number of carbonyl (C=O) groups excluding carboxylic acids is 1. The Morgan fingerprint density at radius 1 is 1.17 bits per heavy atom. The van der Waals surface area contributed by atoms with E-state index >= 15 is 0 Å². The van der Waals surface area contributed by atoms with E-state index in [0.717, 1.165) is 5.56 Å². The van der Waals surface area contributed by atoms with Crippen LogP contribution in [0.2, 0.25) is 0 Å². The lowest BCUT2D eigenvalue weighted by molar-refractivity contribution is -0.120. The van der Waals surface area contributed by atoms with Gasteiger partial charge < -0.3 is 14.5 Å². The second-order valence-electron chi connectivity index (χ2n) is 7.59. The van der Waals surface area contributed by atoms with Gasteiger partial charge in [0.2, 0.25) is 15.9 Å². The van der Waals surface area contributed by atoms with Crippen LogP contribution in [0.1, 0.15) is 12.0 Å². The average molecular weight is 429 g/mol. The van der Waals surface area contributed by atoms with Crippen molar-refractivity contribution in [2.45, 2.75) is 16.7 Å². The summed E-state index contributed by atoms with van der Waals surface area (Å²) >= 11 is 0. The van der Waals surface area contributed by atoms with E-state index < -0.39 is 21.2 Å². The van der Waals surface area contributed by atoms with Gasteiger partial charge in [-0.25, -0.2) is 13.2 Å². The zero-order chi connectivity index (χ0) is 21.3. The summed E-state index contributed by atoms with van der Waals surface area (Å²) in [6.45, 7) is 0.223. The summed E-state index contributed by atoms with van der Waals surface area (Å²) in [6.07, 6.45) is 0.362. The summed E-state index contributed by atoms with van der Waals surface area (Å²) in [5.74, 6) is -0.170. The van der Waals surface area contributed by atoms with Crippen LogP contribution in [0.15, 0.2) is 50.5 Å². The van der Waals surface area contributed by atoms with E-state index in [1.165, 1.54) is 21.0 Å². The van der Waals surface area contributed by atoms with Crippen LogP contribution in [0.25, 0.3) is 11.1 Å². The minimum absolute atomic E-state index is 0.0191. The SMILES string of the molecule is COc1ccc2c(c1)C1(CCN(S(=O)(=O)c3ccc4c(c3)oc(=O)n4C)C1)C(=O)N2. The van der Waals surface area contributed by atoms with Crippen molar-refractivity contribution in [3.63, 3.8) is 0 Å². The van der Waals surface area contributed by atoms with E-state index in [0.29, 0.717) is 23.4 Å². The monoisotopic (exact) mass is 429 g/mol. The second-order valence-corrected chi connectivity index (χ2v) is 9.53. The Hall–Kier alpha value is -3.11. The summed E-state index contributed by atoms with van der Waals surface area (Å²) < 4.78 is 39.6. The van der Waals surface area contributed by atoms with Gasteiger partial charge in [0.15, 0.2) is 5.58 Å². The molecule has 2 aromatic carbocycles. The van der Waals surface area contributed by atoms with Gasteiger partial charge in [-0.15, -0.1) is 0 Å². The molecule has 0 bridgehead atoms. The van der Waals surface area contributed by atoms with Crippen LogP contribution in [0.4, 0.5) is 5.69 Å². The number of nitrogens with zero attached hydrogens (tertiary/aromatic N) is 2. The quantitative estimate of drug-likeness (QED) is 0.674. The number of rotatable bonds is 3. The molecule has 30 heavy (non-hydrogen) atoms. The van der Waals surface area contributed by atoms with E-state index in [4.69, 9.17) is 9.15 Å². The first kappa shape index (κ1) is 18.9. The van der Waals surface area contributed by atoms with Gasteiger partial charge in [0.05, 0.1) is 22.9 Å². The minimum Gasteiger partial charge on any atom is -0.497 e. The highest BCUT2D eigenvalue weighted by molar-refractivity contribution is 7.89. The van der Waals surface area contributed by atoms with Gasteiger partial charge in [-0.05, 0) is 42.3 Å². The van der Waals surface area contributed by atoms with Crippen molar-refractivity contribution in [3.05, 3.63) is 52.5 Å². The molecule has 1 aromatic heterocycles. The van der Waals surface area contributed by atoms with Crippen LogP contribution in [0, 0.1) is 0 Å². The number of benzene rings is 2. The van der Waals surface area contributed by atoms with Crippen LogP contribution < -0.4 is 15.8 Å². The third-order valence-electron chi connectivity index (χ3n) is 6.06. The van der Waals surface area contributed by atoms with Crippen LogP contribution >= 0.6 is 0 Å². The molecule has 9 nitrogen and oxygen atoms in total. The second kappa shape index (κ2) is 6.19.